The molecular weight excluding hydrogens is 539 g/mol. The number of nitrogens with one attached hydrogen (secondary N) is 3. The van der Waals surface area contributed by atoms with E-state index in [1.807, 2.05) is 6.92 Å². The molecule has 0 saturated carbocycles. The topological polar surface area (TPSA) is 117 Å². The predicted molar refractivity (Wildman–Crippen MR) is 131 cm³/mol. The maximum absolute atomic E-state index is 13.3. The zero-order chi connectivity index (χ0) is 24.2. The van der Waals surface area contributed by atoms with Crippen molar-refractivity contribution in [2.24, 2.45) is 5.92 Å². The Morgan fingerprint density at radius 1 is 1.39 bits per heavy atom. The van der Waals surface area contributed by atoms with Crippen LogP contribution in [0.5, 0.6) is 0 Å². The van der Waals surface area contributed by atoms with Crippen LogP contribution in [0.1, 0.15) is 52.4 Å². The van der Waals surface area contributed by atoms with Gasteiger partial charge in [0.1, 0.15) is 5.54 Å². The monoisotopic (exact) mass is 572 g/mol. The molecule has 3 aliphatic rings. The SMILES string of the molecule is CCC(CCCI)NC(=O)CC1(CN2CC3=C(C=C(OC)CCC3C)C2=O)NC(=O)NC1=O. The lowest BCUT2D eigenvalue weighted by molar-refractivity contribution is -0.134. The first-order valence-electron chi connectivity index (χ1n) is 11.5. The molecule has 1 saturated heterocycles. The molecule has 3 rings (SSSR count). The standard InChI is InChI=1S/C23H33IN4O5/c1-4-15(6-5-9-24)25-19(29)11-23(21(31)26-22(32)27-23)13-28-12-18-14(2)7-8-16(33-3)10-17(18)20(28)30/h10,14-15H,4-9,11-13H2,1-3H3,(H,25,29)(H2,26,27,31,32). The highest BCUT2D eigenvalue weighted by Gasteiger charge is 2.51. The van der Waals surface area contributed by atoms with Gasteiger partial charge in [-0.1, -0.05) is 36.4 Å². The Morgan fingerprint density at radius 2 is 2.15 bits per heavy atom. The normalized spacial score (nSPS) is 25.8. The molecule has 0 radical (unpaired) electrons. The number of hydrogen-bond acceptors (Lipinski definition) is 5. The number of urea groups is 1. The van der Waals surface area contributed by atoms with Crippen molar-refractivity contribution in [3.8, 4) is 0 Å². The van der Waals surface area contributed by atoms with Gasteiger partial charge in [0.05, 0.1) is 25.8 Å². The number of carbonyl (C=O) groups excluding carboxylic acids is 4. The van der Waals surface area contributed by atoms with Crippen LogP contribution in [0.4, 0.5) is 4.79 Å². The van der Waals surface area contributed by atoms with Crippen LogP contribution in [0.2, 0.25) is 0 Å². The largest absolute Gasteiger partial charge is 0.501 e. The Kier molecular flexibility index (Phi) is 8.41. The number of methoxy groups -OCH3 is 1. The first-order chi connectivity index (χ1) is 15.7. The number of imide groups is 1. The van der Waals surface area contributed by atoms with E-state index in [0.29, 0.717) is 12.1 Å². The van der Waals surface area contributed by atoms with E-state index in [0.717, 1.165) is 47.9 Å². The molecule has 0 aromatic rings. The summed E-state index contributed by atoms with van der Waals surface area (Å²) in [6.07, 6.45) is 5.79. The minimum absolute atomic E-state index is 0.00841. The van der Waals surface area contributed by atoms with Crippen molar-refractivity contribution in [3.63, 3.8) is 0 Å². The van der Waals surface area contributed by atoms with E-state index < -0.39 is 17.5 Å². The maximum Gasteiger partial charge on any atom is 0.322 e. The van der Waals surface area contributed by atoms with Crippen molar-refractivity contribution < 1.29 is 23.9 Å². The molecule has 3 N–H and O–H groups in total. The lowest BCUT2D eigenvalue weighted by atomic mass is 9.93. The minimum atomic E-state index is -1.50. The molecule has 33 heavy (non-hydrogen) atoms. The van der Waals surface area contributed by atoms with Gasteiger partial charge in [-0.3, -0.25) is 19.7 Å². The molecule has 9 nitrogen and oxygen atoms in total. The van der Waals surface area contributed by atoms with E-state index in [-0.39, 0.29) is 36.7 Å². The van der Waals surface area contributed by atoms with Crippen molar-refractivity contribution in [3.05, 3.63) is 23.0 Å². The third-order valence-electron chi connectivity index (χ3n) is 6.69. The van der Waals surface area contributed by atoms with E-state index in [2.05, 4.69) is 45.5 Å². The second-order valence-electron chi connectivity index (χ2n) is 9.03. The number of hydrogen-bond donors (Lipinski definition) is 3. The van der Waals surface area contributed by atoms with Crippen LogP contribution in [-0.4, -0.2) is 64.9 Å². The highest BCUT2D eigenvalue weighted by molar-refractivity contribution is 14.1. The average molecular weight is 572 g/mol. The molecule has 0 bridgehead atoms. The van der Waals surface area contributed by atoms with Gasteiger partial charge in [-0.05, 0) is 47.7 Å². The van der Waals surface area contributed by atoms with Crippen LogP contribution >= 0.6 is 22.6 Å². The van der Waals surface area contributed by atoms with Crippen LogP contribution in [0.3, 0.4) is 0 Å². The molecule has 0 aromatic carbocycles. The number of rotatable bonds is 10. The van der Waals surface area contributed by atoms with Crippen LogP contribution in [0.25, 0.3) is 0 Å². The molecule has 10 heteroatoms. The molecule has 182 valence electrons. The second kappa shape index (κ2) is 10.9. The molecule has 2 aliphatic heterocycles. The molecule has 0 spiro atoms. The van der Waals surface area contributed by atoms with Crippen LogP contribution in [0, 0.1) is 5.92 Å². The molecular formula is C23H33IN4O5. The van der Waals surface area contributed by atoms with E-state index in [9.17, 15) is 19.2 Å². The smallest absolute Gasteiger partial charge is 0.322 e. The summed E-state index contributed by atoms with van der Waals surface area (Å²) in [5, 5.41) is 7.88. The Morgan fingerprint density at radius 3 is 2.76 bits per heavy atom. The fourth-order valence-corrected chi connectivity index (χ4v) is 5.14. The summed E-state index contributed by atoms with van der Waals surface area (Å²) in [6, 6.07) is -0.644. The van der Waals surface area contributed by atoms with Gasteiger partial charge in [0.2, 0.25) is 5.91 Å². The molecule has 0 aromatic heterocycles. The maximum atomic E-state index is 13.3. The molecule has 5 amide bonds. The van der Waals surface area contributed by atoms with Crippen molar-refractivity contribution in [2.75, 3.05) is 24.6 Å². The predicted octanol–water partition coefficient (Wildman–Crippen LogP) is 2.16. The van der Waals surface area contributed by atoms with Gasteiger partial charge in [0, 0.05) is 24.6 Å². The lowest BCUT2D eigenvalue weighted by Gasteiger charge is -2.31. The summed E-state index contributed by atoms with van der Waals surface area (Å²) in [6.45, 7) is 4.37. The van der Waals surface area contributed by atoms with Crippen molar-refractivity contribution in [1.29, 1.82) is 0 Å². The number of ether oxygens (including phenoxy) is 1. The van der Waals surface area contributed by atoms with Crippen molar-refractivity contribution >= 4 is 46.3 Å². The first kappa shape index (κ1) is 25.5. The number of allylic oxidation sites excluding steroid dienone is 1. The van der Waals surface area contributed by atoms with Gasteiger partial charge in [-0.15, -0.1) is 0 Å². The lowest BCUT2D eigenvalue weighted by Crippen LogP contribution is -2.58. The van der Waals surface area contributed by atoms with Crippen molar-refractivity contribution in [1.82, 2.24) is 20.9 Å². The molecule has 1 aliphatic carbocycles. The van der Waals surface area contributed by atoms with Gasteiger partial charge >= 0.3 is 6.03 Å². The molecule has 2 heterocycles. The van der Waals surface area contributed by atoms with Gasteiger partial charge in [-0.25, -0.2) is 4.79 Å². The third-order valence-corrected chi connectivity index (χ3v) is 7.46. The summed E-state index contributed by atoms with van der Waals surface area (Å²) in [4.78, 5) is 52.6. The fourth-order valence-electron chi connectivity index (χ4n) is 4.70. The Balaban J connectivity index is 1.78. The van der Waals surface area contributed by atoms with E-state index >= 15 is 0 Å². The molecule has 3 unspecified atom stereocenters. The summed E-state index contributed by atoms with van der Waals surface area (Å²) >= 11 is 2.30. The average Bonchev–Trinajstić information content (AvgIpc) is 3.15. The number of nitrogens with zero attached hydrogens (tertiary/aromatic N) is 1. The van der Waals surface area contributed by atoms with Crippen molar-refractivity contribution in [2.45, 2.75) is 64.0 Å². The minimum Gasteiger partial charge on any atom is -0.501 e. The number of halogens is 1. The Labute approximate surface area is 208 Å². The zero-order valence-corrected chi connectivity index (χ0v) is 21.6. The molecule has 3 atom stereocenters. The van der Waals surface area contributed by atoms with Gasteiger partial charge in [0.15, 0.2) is 0 Å². The molecule has 1 fully saturated rings. The number of carbonyl (C=O) groups is 4. The zero-order valence-electron chi connectivity index (χ0n) is 19.5. The number of amides is 5. The first-order valence-corrected chi connectivity index (χ1v) is 13.0. The number of alkyl halides is 1. The Bertz CT molecular complexity index is 886. The van der Waals surface area contributed by atoms with Crippen LogP contribution < -0.4 is 16.0 Å². The van der Waals surface area contributed by atoms with Gasteiger partial charge < -0.3 is 20.3 Å². The summed E-state index contributed by atoms with van der Waals surface area (Å²) in [5.41, 5.74) is 0.0901. The quantitative estimate of drug-likeness (QED) is 0.211. The van der Waals surface area contributed by atoms with Gasteiger partial charge in [-0.2, -0.15) is 0 Å². The van der Waals surface area contributed by atoms with Crippen LogP contribution in [-0.2, 0) is 19.1 Å². The highest BCUT2D eigenvalue weighted by Crippen LogP contribution is 2.35. The summed E-state index contributed by atoms with van der Waals surface area (Å²) in [5.74, 6) is -0.175. The Hall–Kier alpha value is -2.11. The van der Waals surface area contributed by atoms with E-state index in [1.54, 1.807) is 18.1 Å². The highest BCUT2D eigenvalue weighted by atomic mass is 127. The second-order valence-corrected chi connectivity index (χ2v) is 10.1. The van der Waals surface area contributed by atoms with E-state index in [4.69, 9.17) is 4.74 Å². The van der Waals surface area contributed by atoms with E-state index in [1.165, 1.54) is 0 Å². The van der Waals surface area contributed by atoms with Crippen LogP contribution in [0.15, 0.2) is 23.0 Å². The fraction of sp³-hybridized carbons (Fsp3) is 0.652. The summed E-state index contributed by atoms with van der Waals surface area (Å²) in [7, 11) is 1.59. The summed E-state index contributed by atoms with van der Waals surface area (Å²) < 4.78 is 6.40. The van der Waals surface area contributed by atoms with Gasteiger partial charge in [0.25, 0.3) is 11.8 Å². The third kappa shape index (κ3) is 5.70.